The Morgan fingerprint density at radius 1 is 0.970 bits per heavy atom. The summed E-state index contributed by atoms with van der Waals surface area (Å²) < 4.78 is 33.2. The molecule has 0 spiro atoms. The van der Waals surface area contributed by atoms with Crippen molar-refractivity contribution in [3.05, 3.63) is 84.4 Å². The first-order valence-electron chi connectivity index (χ1n) is 10.8. The smallest absolute Gasteiger partial charge is 0.261 e. The normalized spacial score (nSPS) is 11.0. The van der Waals surface area contributed by atoms with Gasteiger partial charge >= 0.3 is 0 Å². The van der Waals surface area contributed by atoms with Crippen LogP contribution < -0.4 is 19.7 Å². The van der Waals surface area contributed by atoms with Crippen LogP contribution >= 0.6 is 0 Å². The van der Waals surface area contributed by atoms with Gasteiger partial charge in [-0.1, -0.05) is 24.3 Å². The third kappa shape index (κ3) is 6.98. The van der Waals surface area contributed by atoms with Crippen molar-refractivity contribution in [1.82, 2.24) is 5.32 Å². The van der Waals surface area contributed by atoms with Crippen molar-refractivity contribution in [2.75, 3.05) is 36.4 Å². The molecule has 0 heterocycles. The van der Waals surface area contributed by atoms with E-state index in [0.29, 0.717) is 30.2 Å². The van der Waals surface area contributed by atoms with Crippen molar-refractivity contribution in [1.29, 1.82) is 0 Å². The van der Waals surface area contributed by atoms with Gasteiger partial charge in [0.1, 0.15) is 5.75 Å². The molecular formula is C25H29N3O4S. The van der Waals surface area contributed by atoms with Gasteiger partial charge in [-0.05, 0) is 67.9 Å². The Labute approximate surface area is 195 Å². The van der Waals surface area contributed by atoms with E-state index in [1.54, 1.807) is 30.3 Å². The zero-order valence-electron chi connectivity index (χ0n) is 18.8. The van der Waals surface area contributed by atoms with E-state index >= 15 is 0 Å². The Hall–Kier alpha value is -3.52. The number of carbonyl (C=O) groups excluding carboxylic acids is 1. The minimum absolute atomic E-state index is 0.114. The van der Waals surface area contributed by atoms with E-state index in [4.69, 9.17) is 4.74 Å². The second-order valence-electron chi connectivity index (χ2n) is 7.46. The molecule has 0 fully saturated rings. The molecule has 7 nitrogen and oxygen atoms in total. The molecule has 0 unspecified atom stereocenters. The molecule has 3 aromatic rings. The fraction of sp³-hybridized carbons (Fsp3) is 0.240. The van der Waals surface area contributed by atoms with Gasteiger partial charge in [0.05, 0.1) is 11.5 Å². The van der Waals surface area contributed by atoms with E-state index in [-0.39, 0.29) is 10.8 Å². The lowest BCUT2D eigenvalue weighted by molar-refractivity contribution is 0.0953. The average Bonchev–Trinajstić information content (AvgIpc) is 2.82. The van der Waals surface area contributed by atoms with Crippen molar-refractivity contribution in [2.45, 2.75) is 18.2 Å². The number of hydrogen-bond acceptors (Lipinski definition) is 5. The van der Waals surface area contributed by atoms with Gasteiger partial charge in [0.25, 0.3) is 15.9 Å². The maximum atomic E-state index is 12.7. The van der Waals surface area contributed by atoms with E-state index in [1.807, 2.05) is 44.3 Å². The maximum absolute atomic E-state index is 12.7. The minimum atomic E-state index is -3.79. The number of carbonyl (C=O) groups is 1. The molecule has 0 aliphatic heterocycles. The largest absolute Gasteiger partial charge is 0.494 e. The van der Waals surface area contributed by atoms with E-state index < -0.39 is 10.0 Å². The van der Waals surface area contributed by atoms with Crippen LogP contribution in [0.1, 0.15) is 23.7 Å². The third-order valence-electron chi connectivity index (χ3n) is 4.97. The van der Waals surface area contributed by atoms with Gasteiger partial charge in [-0.2, -0.15) is 0 Å². The molecule has 3 rings (SSSR count). The number of nitrogens with one attached hydrogen (secondary N) is 2. The molecule has 1 amide bonds. The Bertz CT molecular complexity index is 1150. The highest BCUT2D eigenvalue weighted by Gasteiger charge is 2.15. The van der Waals surface area contributed by atoms with Gasteiger partial charge in [-0.15, -0.1) is 0 Å². The molecule has 3 aromatic carbocycles. The molecular weight excluding hydrogens is 438 g/mol. The molecule has 174 valence electrons. The molecule has 0 bridgehead atoms. The van der Waals surface area contributed by atoms with Gasteiger partial charge in [0.15, 0.2) is 0 Å². The summed E-state index contributed by atoms with van der Waals surface area (Å²) in [7, 11) is -1.78. The topological polar surface area (TPSA) is 87.7 Å². The molecule has 0 aromatic heterocycles. The molecule has 0 aliphatic rings. The Balaban J connectivity index is 1.54. The number of sulfonamides is 1. The van der Waals surface area contributed by atoms with Crippen molar-refractivity contribution >= 4 is 27.3 Å². The standard InChI is InChI=1S/C25H29N3O4S/c1-3-32-23-13-15-24(16-14-23)33(30,31)27-21-10-7-9-20(19-21)25(29)26-17-8-18-28(2)22-11-5-4-6-12-22/h4-7,9-16,19,27H,3,8,17-18H2,1-2H3,(H,26,29). The van der Waals surface area contributed by atoms with Crippen LogP contribution in [0.25, 0.3) is 0 Å². The monoisotopic (exact) mass is 467 g/mol. The van der Waals surface area contributed by atoms with Crippen LogP contribution in [0.4, 0.5) is 11.4 Å². The van der Waals surface area contributed by atoms with E-state index in [2.05, 4.69) is 14.9 Å². The second-order valence-corrected chi connectivity index (χ2v) is 9.14. The molecule has 8 heteroatoms. The van der Waals surface area contributed by atoms with E-state index in [9.17, 15) is 13.2 Å². The quantitative estimate of drug-likeness (QED) is 0.414. The van der Waals surface area contributed by atoms with Crippen LogP contribution in [-0.2, 0) is 10.0 Å². The summed E-state index contributed by atoms with van der Waals surface area (Å²) in [5, 5.41) is 2.89. The first kappa shape index (κ1) is 24.1. The summed E-state index contributed by atoms with van der Waals surface area (Å²) in [6, 6.07) is 22.7. The van der Waals surface area contributed by atoms with Crippen LogP contribution in [0.2, 0.25) is 0 Å². The minimum Gasteiger partial charge on any atom is -0.494 e. The Kier molecular flexibility index (Phi) is 8.32. The molecule has 0 aliphatic carbocycles. The SMILES string of the molecule is CCOc1ccc(S(=O)(=O)Nc2cccc(C(=O)NCCCN(C)c3ccccc3)c2)cc1. The Morgan fingerprint density at radius 2 is 1.70 bits per heavy atom. The van der Waals surface area contributed by atoms with Crippen LogP contribution in [-0.4, -0.2) is 41.1 Å². The summed E-state index contributed by atoms with van der Waals surface area (Å²) in [6.45, 7) is 3.67. The molecule has 0 atom stereocenters. The summed E-state index contributed by atoms with van der Waals surface area (Å²) in [6.07, 6.45) is 0.779. The number of amides is 1. The van der Waals surface area contributed by atoms with Gasteiger partial charge in [0.2, 0.25) is 0 Å². The van der Waals surface area contributed by atoms with Crippen molar-refractivity contribution in [3.63, 3.8) is 0 Å². The number of nitrogens with zero attached hydrogens (tertiary/aromatic N) is 1. The van der Waals surface area contributed by atoms with Gasteiger partial charge < -0.3 is 15.0 Å². The van der Waals surface area contributed by atoms with E-state index in [1.165, 1.54) is 18.2 Å². The first-order chi connectivity index (χ1) is 15.9. The lowest BCUT2D eigenvalue weighted by atomic mass is 10.2. The number of benzene rings is 3. The van der Waals surface area contributed by atoms with Gasteiger partial charge in [0, 0.05) is 37.1 Å². The van der Waals surface area contributed by atoms with E-state index in [0.717, 1.165) is 18.7 Å². The predicted molar refractivity (Wildman–Crippen MR) is 132 cm³/mol. The number of hydrogen-bond donors (Lipinski definition) is 2. The lowest BCUT2D eigenvalue weighted by Gasteiger charge is -2.19. The fourth-order valence-electron chi connectivity index (χ4n) is 3.25. The lowest BCUT2D eigenvalue weighted by Crippen LogP contribution is -2.28. The summed E-state index contributed by atoms with van der Waals surface area (Å²) in [5.41, 5.74) is 1.83. The summed E-state index contributed by atoms with van der Waals surface area (Å²) in [4.78, 5) is 14.8. The zero-order valence-corrected chi connectivity index (χ0v) is 19.6. The second kappa shape index (κ2) is 11.4. The van der Waals surface area contributed by atoms with Crippen molar-refractivity contribution in [2.24, 2.45) is 0 Å². The number of para-hydroxylation sites is 1. The predicted octanol–water partition coefficient (Wildman–Crippen LogP) is 4.14. The van der Waals surface area contributed by atoms with Crippen LogP contribution in [0, 0.1) is 0 Å². The first-order valence-corrected chi connectivity index (χ1v) is 12.3. The number of anilines is 2. The molecule has 0 radical (unpaired) electrons. The van der Waals surface area contributed by atoms with Crippen molar-refractivity contribution in [3.8, 4) is 5.75 Å². The fourth-order valence-corrected chi connectivity index (χ4v) is 4.30. The van der Waals surface area contributed by atoms with Gasteiger partial charge in [-0.25, -0.2) is 8.42 Å². The van der Waals surface area contributed by atoms with Crippen molar-refractivity contribution < 1.29 is 17.9 Å². The molecule has 0 saturated heterocycles. The summed E-state index contributed by atoms with van der Waals surface area (Å²) >= 11 is 0. The van der Waals surface area contributed by atoms with Crippen LogP contribution in [0.15, 0.2) is 83.8 Å². The average molecular weight is 468 g/mol. The highest BCUT2D eigenvalue weighted by Crippen LogP contribution is 2.20. The summed E-state index contributed by atoms with van der Waals surface area (Å²) in [5.74, 6) is 0.351. The zero-order chi connectivity index (χ0) is 23.7. The van der Waals surface area contributed by atoms with Crippen LogP contribution in [0.5, 0.6) is 5.75 Å². The third-order valence-corrected chi connectivity index (χ3v) is 6.37. The van der Waals surface area contributed by atoms with Crippen LogP contribution in [0.3, 0.4) is 0 Å². The molecule has 2 N–H and O–H groups in total. The van der Waals surface area contributed by atoms with Gasteiger partial charge in [-0.3, -0.25) is 9.52 Å². The number of rotatable bonds is 11. The maximum Gasteiger partial charge on any atom is 0.261 e. The Morgan fingerprint density at radius 3 is 2.39 bits per heavy atom. The highest BCUT2D eigenvalue weighted by molar-refractivity contribution is 7.92. The molecule has 33 heavy (non-hydrogen) atoms. The number of ether oxygens (including phenoxy) is 1. The molecule has 0 saturated carbocycles. The highest BCUT2D eigenvalue weighted by atomic mass is 32.2.